The lowest BCUT2D eigenvalue weighted by Gasteiger charge is -2.18. The maximum Gasteiger partial charge on any atom is 0.247 e. The summed E-state index contributed by atoms with van der Waals surface area (Å²) in [6.45, 7) is 3.56. The van der Waals surface area contributed by atoms with Crippen molar-refractivity contribution in [3.8, 4) is 0 Å². The van der Waals surface area contributed by atoms with Crippen LogP contribution in [-0.4, -0.2) is 35.7 Å². The summed E-state index contributed by atoms with van der Waals surface area (Å²) in [6, 6.07) is 10.2. The van der Waals surface area contributed by atoms with Crippen molar-refractivity contribution in [2.45, 2.75) is 13.8 Å². The van der Waals surface area contributed by atoms with Gasteiger partial charge in [-0.05, 0) is 49.4 Å². The number of likely N-dealkylation sites (N-methyl/N-ethyl adjacent to an activating group) is 1. The quantitative estimate of drug-likeness (QED) is 0.747. The summed E-state index contributed by atoms with van der Waals surface area (Å²) in [4.78, 5) is 36.8. The van der Waals surface area contributed by atoms with E-state index in [1.807, 2.05) is 0 Å². The molecule has 3 amide bonds. The number of nitrogens with one attached hydrogen (secondary N) is 2. The average molecular weight is 355 g/mol. The largest absolute Gasteiger partial charge is 0.465 e. The van der Waals surface area contributed by atoms with Crippen LogP contribution in [0.3, 0.4) is 0 Å². The highest BCUT2D eigenvalue weighted by molar-refractivity contribution is 5.98. The van der Waals surface area contributed by atoms with Crippen LogP contribution in [0, 0.1) is 0 Å². The summed E-state index contributed by atoms with van der Waals surface area (Å²) in [5, 5.41) is 5.37. The Morgan fingerprint density at radius 2 is 1.73 bits per heavy atom. The van der Waals surface area contributed by atoms with Crippen LogP contribution in [0.2, 0.25) is 0 Å². The lowest BCUT2D eigenvalue weighted by molar-refractivity contribution is -0.130. The lowest BCUT2D eigenvalue weighted by atomic mass is 10.2. The highest BCUT2D eigenvalue weighted by Gasteiger charge is 2.13. The monoisotopic (exact) mass is 355 g/mol. The molecule has 0 unspecified atom stereocenters. The normalized spacial score (nSPS) is 10.5. The van der Waals surface area contributed by atoms with Gasteiger partial charge in [-0.2, -0.15) is 0 Å². The second-order valence-electron chi connectivity index (χ2n) is 5.51. The zero-order valence-electron chi connectivity index (χ0n) is 14.7. The number of nitrogens with zero attached hydrogens (tertiary/aromatic N) is 1. The third-order valence-corrected chi connectivity index (χ3v) is 3.45. The molecule has 0 aliphatic carbocycles. The molecule has 2 aromatic rings. The van der Waals surface area contributed by atoms with E-state index in [0.29, 0.717) is 23.7 Å². The molecule has 2 rings (SSSR count). The van der Waals surface area contributed by atoms with Gasteiger partial charge in [0.1, 0.15) is 12.3 Å². The van der Waals surface area contributed by atoms with Crippen LogP contribution in [-0.2, 0) is 14.4 Å². The summed E-state index contributed by atoms with van der Waals surface area (Å²) >= 11 is 0. The standard InChI is InChI=1S/C19H21N3O4/c1-3-22(19(25)11-10-17-5-4-12-26-17)13-18(24)21-16-8-6-15(7-9-16)20-14(2)23/h4-12H,3,13H2,1-2H3,(H,20,23)(H,21,24). The molecule has 1 aromatic carbocycles. The number of hydrogen-bond donors (Lipinski definition) is 2. The maximum atomic E-state index is 12.2. The summed E-state index contributed by atoms with van der Waals surface area (Å²) in [5.74, 6) is -0.182. The molecule has 0 aliphatic heterocycles. The van der Waals surface area contributed by atoms with E-state index >= 15 is 0 Å². The third kappa shape index (κ3) is 5.94. The molecule has 0 saturated heterocycles. The first kappa shape index (κ1) is 19.0. The van der Waals surface area contributed by atoms with Gasteiger partial charge in [0.25, 0.3) is 0 Å². The fourth-order valence-electron chi connectivity index (χ4n) is 2.20. The molecule has 0 spiro atoms. The number of anilines is 2. The van der Waals surface area contributed by atoms with Gasteiger partial charge in [0.05, 0.1) is 6.26 Å². The SMILES string of the molecule is CCN(CC(=O)Nc1ccc(NC(C)=O)cc1)C(=O)C=Cc1ccco1. The van der Waals surface area contributed by atoms with Gasteiger partial charge in [-0.15, -0.1) is 0 Å². The number of furan rings is 1. The fraction of sp³-hybridized carbons (Fsp3) is 0.211. The van der Waals surface area contributed by atoms with E-state index in [2.05, 4.69) is 10.6 Å². The van der Waals surface area contributed by atoms with Gasteiger partial charge < -0.3 is 20.0 Å². The van der Waals surface area contributed by atoms with Crippen LogP contribution < -0.4 is 10.6 Å². The average Bonchev–Trinajstić information content (AvgIpc) is 3.12. The molecule has 7 nitrogen and oxygen atoms in total. The fourth-order valence-corrected chi connectivity index (χ4v) is 2.20. The second kappa shape index (κ2) is 9.22. The number of benzene rings is 1. The van der Waals surface area contributed by atoms with Crippen LogP contribution in [0.5, 0.6) is 0 Å². The first-order valence-corrected chi connectivity index (χ1v) is 8.16. The minimum Gasteiger partial charge on any atom is -0.465 e. The van der Waals surface area contributed by atoms with Crippen LogP contribution in [0.1, 0.15) is 19.6 Å². The zero-order chi connectivity index (χ0) is 18.9. The molecule has 0 fully saturated rings. The zero-order valence-corrected chi connectivity index (χ0v) is 14.7. The number of rotatable bonds is 7. The lowest BCUT2D eigenvalue weighted by Crippen LogP contribution is -2.36. The Hall–Kier alpha value is -3.35. The van der Waals surface area contributed by atoms with E-state index in [1.165, 1.54) is 24.2 Å². The van der Waals surface area contributed by atoms with Gasteiger partial charge in [-0.1, -0.05) is 0 Å². The van der Waals surface area contributed by atoms with Crippen LogP contribution >= 0.6 is 0 Å². The Bertz CT molecular complexity index is 780. The second-order valence-corrected chi connectivity index (χ2v) is 5.51. The number of amides is 3. The Balaban J connectivity index is 1.89. The van der Waals surface area contributed by atoms with Crippen molar-refractivity contribution in [1.29, 1.82) is 0 Å². The molecule has 0 aliphatic rings. The Kier molecular flexibility index (Phi) is 6.73. The van der Waals surface area contributed by atoms with Crippen LogP contribution in [0.15, 0.2) is 53.2 Å². The van der Waals surface area contributed by atoms with E-state index in [0.717, 1.165) is 0 Å². The van der Waals surface area contributed by atoms with Crippen LogP contribution in [0.25, 0.3) is 6.08 Å². The van der Waals surface area contributed by atoms with Crippen molar-refractivity contribution in [3.63, 3.8) is 0 Å². The van der Waals surface area contributed by atoms with E-state index < -0.39 is 0 Å². The number of hydrogen-bond acceptors (Lipinski definition) is 4. The van der Waals surface area contributed by atoms with Gasteiger partial charge in [-0.3, -0.25) is 14.4 Å². The third-order valence-electron chi connectivity index (χ3n) is 3.45. The summed E-state index contributed by atoms with van der Waals surface area (Å²) in [7, 11) is 0. The van der Waals surface area contributed by atoms with Gasteiger partial charge in [-0.25, -0.2) is 0 Å². The molecule has 2 N–H and O–H groups in total. The van der Waals surface area contributed by atoms with Gasteiger partial charge in [0.15, 0.2) is 0 Å². The molecule has 0 saturated carbocycles. The molecule has 0 radical (unpaired) electrons. The summed E-state index contributed by atoms with van der Waals surface area (Å²) < 4.78 is 5.13. The highest BCUT2D eigenvalue weighted by Crippen LogP contribution is 2.13. The Morgan fingerprint density at radius 3 is 2.27 bits per heavy atom. The number of carbonyl (C=O) groups is 3. The molecule has 1 heterocycles. The van der Waals surface area contributed by atoms with E-state index in [9.17, 15) is 14.4 Å². The first-order valence-electron chi connectivity index (χ1n) is 8.16. The molecule has 136 valence electrons. The molecule has 26 heavy (non-hydrogen) atoms. The predicted octanol–water partition coefficient (Wildman–Crippen LogP) is 2.74. The van der Waals surface area contributed by atoms with Crippen molar-refractivity contribution in [2.24, 2.45) is 0 Å². The van der Waals surface area contributed by atoms with Crippen LogP contribution in [0.4, 0.5) is 11.4 Å². The predicted molar refractivity (Wildman–Crippen MR) is 99.4 cm³/mol. The van der Waals surface area contributed by atoms with Gasteiger partial charge in [0, 0.05) is 30.9 Å². The molecule has 7 heteroatoms. The summed E-state index contributed by atoms with van der Waals surface area (Å²) in [5.41, 5.74) is 1.22. The molecular weight excluding hydrogens is 334 g/mol. The summed E-state index contributed by atoms with van der Waals surface area (Å²) in [6.07, 6.45) is 4.45. The van der Waals surface area contributed by atoms with E-state index in [-0.39, 0.29) is 24.3 Å². The van der Waals surface area contributed by atoms with Gasteiger partial charge in [0.2, 0.25) is 17.7 Å². The Labute approximate surface area is 151 Å². The minimum absolute atomic E-state index is 0.0642. The minimum atomic E-state index is -0.307. The molecule has 0 atom stereocenters. The van der Waals surface area contributed by atoms with Gasteiger partial charge >= 0.3 is 0 Å². The first-order chi connectivity index (χ1) is 12.5. The maximum absolute atomic E-state index is 12.2. The molecule has 1 aromatic heterocycles. The van der Waals surface area contributed by atoms with Crippen molar-refractivity contribution >= 4 is 35.2 Å². The molecule has 0 bridgehead atoms. The van der Waals surface area contributed by atoms with Crippen molar-refractivity contribution in [1.82, 2.24) is 4.90 Å². The van der Waals surface area contributed by atoms with Crippen molar-refractivity contribution in [2.75, 3.05) is 23.7 Å². The van der Waals surface area contributed by atoms with E-state index in [1.54, 1.807) is 49.4 Å². The van der Waals surface area contributed by atoms with Crippen molar-refractivity contribution in [3.05, 3.63) is 54.5 Å². The highest BCUT2D eigenvalue weighted by atomic mass is 16.3. The Morgan fingerprint density at radius 1 is 1.08 bits per heavy atom. The topological polar surface area (TPSA) is 91.7 Å². The number of carbonyl (C=O) groups excluding carboxylic acids is 3. The smallest absolute Gasteiger partial charge is 0.247 e. The van der Waals surface area contributed by atoms with Crippen molar-refractivity contribution < 1.29 is 18.8 Å². The molecular formula is C19H21N3O4. The van der Waals surface area contributed by atoms with E-state index in [4.69, 9.17) is 4.42 Å².